The van der Waals surface area contributed by atoms with Gasteiger partial charge in [-0.25, -0.2) is 9.59 Å². The molecule has 2 saturated heterocycles. The maximum absolute atomic E-state index is 12.7. The van der Waals surface area contributed by atoms with Crippen LogP contribution in [0.25, 0.3) is 12.2 Å². The van der Waals surface area contributed by atoms with Crippen LogP contribution in [0.2, 0.25) is 0 Å². The zero-order valence-corrected chi connectivity index (χ0v) is 23.9. The predicted molar refractivity (Wildman–Crippen MR) is 150 cm³/mol. The lowest BCUT2D eigenvalue weighted by Crippen LogP contribution is -2.45. The number of rotatable bonds is 9. The summed E-state index contributed by atoms with van der Waals surface area (Å²) in [4.78, 5) is 25.5. The van der Waals surface area contributed by atoms with Crippen molar-refractivity contribution in [3.05, 3.63) is 82.9 Å². The molecule has 0 N–H and O–H groups in total. The van der Waals surface area contributed by atoms with Gasteiger partial charge in [0, 0.05) is 11.1 Å². The second-order valence-corrected chi connectivity index (χ2v) is 11.0. The number of ether oxygens (including phenoxy) is 6. The molecule has 0 saturated carbocycles. The molecule has 2 heterocycles. The third-order valence-corrected chi connectivity index (χ3v) is 6.53. The van der Waals surface area contributed by atoms with Crippen molar-refractivity contribution < 1.29 is 38.0 Å². The first-order valence-corrected chi connectivity index (χ1v) is 13.4. The number of hydrogen-bond acceptors (Lipinski definition) is 8. The Labute approximate surface area is 235 Å². The highest BCUT2D eigenvalue weighted by molar-refractivity contribution is 5.93. The van der Waals surface area contributed by atoms with Crippen molar-refractivity contribution in [1.29, 1.82) is 0 Å². The number of esters is 2. The van der Waals surface area contributed by atoms with Crippen molar-refractivity contribution in [1.82, 2.24) is 0 Å². The van der Waals surface area contributed by atoms with Crippen LogP contribution in [0.3, 0.4) is 0 Å². The minimum Gasteiger partial charge on any atom is -0.459 e. The molecule has 0 amide bonds. The van der Waals surface area contributed by atoms with Crippen LogP contribution in [0.15, 0.2) is 71.8 Å². The standard InChI is InChI=1S/C32H38O8/c1-21(17-23-13-9-7-10-14-23)29(33)35-19-25-27(39-31(3,4)37-25)28-26(38-32(5,6)40-28)20-36-30(34)22(2)18-24-15-11-8-12-16-24/h7-18,25-28H,19-20H2,1-6H3/b21-17+,22-18+/t25-,26+,27+,28-. The molecular weight excluding hydrogens is 512 g/mol. The fourth-order valence-corrected chi connectivity index (χ4v) is 4.80. The van der Waals surface area contributed by atoms with Crippen LogP contribution in [0.4, 0.5) is 0 Å². The van der Waals surface area contributed by atoms with Crippen LogP contribution >= 0.6 is 0 Å². The average molecular weight is 551 g/mol. The van der Waals surface area contributed by atoms with Gasteiger partial charge in [-0.1, -0.05) is 60.7 Å². The van der Waals surface area contributed by atoms with Gasteiger partial charge in [0.05, 0.1) is 0 Å². The van der Waals surface area contributed by atoms with Crippen LogP contribution in [0, 0.1) is 0 Å². The molecule has 0 bridgehead atoms. The van der Waals surface area contributed by atoms with Gasteiger partial charge in [-0.05, 0) is 64.8 Å². The second-order valence-electron chi connectivity index (χ2n) is 11.0. The molecule has 2 fully saturated rings. The highest BCUT2D eigenvalue weighted by atomic mass is 16.8. The zero-order valence-electron chi connectivity index (χ0n) is 23.9. The van der Waals surface area contributed by atoms with Gasteiger partial charge < -0.3 is 28.4 Å². The van der Waals surface area contributed by atoms with Crippen molar-refractivity contribution in [2.45, 2.75) is 77.5 Å². The molecule has 214 valence electrons. The molecule has 4 atom stereocenters. The number of carbonyl (C=O) groups excluding carboxylic acids is 2. The maximum atomic E-state index is 12.7. The number of carbonyl (C=O) groups is 2. The van der Waals surface area contributed by atoms with Crippen LogP contribution in [0.5, 0.6) is 0 Å². The molecule has 8 nitrogen and oxygen atoms in total. The van der Waals surface area contributed by atoms with E-state index >= 15 is 0 Å². The molecule has 2 aliphatic rings. The zero-order chi connectivity index (χ0) is 28.9. The van der Waals surface area contributed by atoms with E-state index in [1.807, 2.05) is 60.7 Å². The van der Waals surface area contributed by atoms with Gasteiger partial charge in [0.1, 0.15) is 37.6 Å². The lowest BCUT2D eigenvalue weighted by molar-refractivity contribution is -0.175. The molecule has 0 aromatic heterocycles. The van der Waals surface area contributed by atoms with E-state index < -0.39 is 47.9 Å². The first-order chi connectivity index (χ1) is 18.9. The highest BCUT2D eigenvalue weighted by Gasteiger charge is 2.54. The predicted octanol–water partition coefficient (Wildman–Crippen LogP) is 5.32. The first kappa shape index (κ1) is 29.7. The van der Waals surface area contributed by atoms with Gasteiger partial charge >= 0.3 is 11.9 Å². The van der Waals surface area contributed by atoms with Crippen molar-refractivity contribution in [2.24, 2.45) is 0 Å². The fraction of sp³-hybridized carbons (Fsp3) is 0.438. The Balaban J connectivity index is 1.41. The van der Waals surface area contributed by atoms with E-state index in [1.54, 1.807) is 53.7 Å². The lowest BCUT2D eigenvalue weighted by Gasteiger charge is -2.26. The molecule has 2 aromatic rings. The van der Waals surface area contributed by atoms with Gasteiger partial charge in [0.2, 0.25) is 0 Å². The Kier molecular flexibility index (Phi) is 9.26. The Morgan fingerprint density at radius 2 is 1.00 bits per heavy atom. The van der Waals surface area contributed by atoms with E-state index in [-0.39, 0.29) is 13.2 Å². The van der Waals surface area contributed by atoms with Crippen molar-refractivity contribution >= 4 is 24.1 Å². The molecule has 8 heteroatoms. The quantitative estimate of drug-likeness (QED) is 0.306. The smallest absolute Gasteiger partial charge is 0.333 e. The van der Waals surface area contributed by atoms with E-state index in [4.69, 9.17) is 28.4 Å². The van der Waals surface area contributed by atoms with Gasteiger partial charge in [0.25, 0.3) is 0 Å². The lowest BCUT2D eigenvalue weighted by atomic mass is 10.0. The molecule has 40 heavy (non-hydrogen) atoms. The van der Waals surface area contributed by atoms with Crippen LogP contribution in [-0.4, -0.2) is 61.1 Å². The molecule has 2 aromatic carbocycles. The van der Waals surface area contributed by atoms with Crippen LogP contribution < -0.4 is 0 Å². The SMILES string of the molecule is C/C(=C\c1ccccc1)C(=O)OC[C@@H]1OC(C)(C)O[C@H]1[C@H]1OC(C)(C)O[C@@H]1COC(=O)/C(C)=C/c1ccccc1. The monoisotopic (exact) mass is 550 g/mol. The van der Waals surface area contributed by atoms with Gasteiger partial charge in [0.15, 0.2) is 11.6 Å². The minimum absolute atomic E-state index is 0.0430. The summed E-state index contributed by atoms with van der Waals surface area (Å²) in [6.07, 6.45) is 1.03. The minimum atomic E-state index is -0.941. The third kappa shape index (κ3) is 7.88. The molecule has 0 aliphatic carbocycles. The number of benzene rings is 2. The molecule has 0 unspecified atom stereocenters. The Bertz CT molecular complexity index is 1130. The molecular formula is C32H38O8. The van der Waals surface area contributed by atoms with E-state index in [2.05, 4.69) is 0 Å². The summed E-state index contributed by atoms with van der Waals surface area (Å²) in [7, 11) is 0. The van der Waals surface area contributed by atoms with Gasteiger partial charge in [-0.2, -0.15) is 0 Å². The summed E-state index contributed by atoms with van der Waals surface area (Å²) < 4.78 is 35.8. The van der Waals surface area contributed by atoms with Crippen molar-refractivity contribution in [3.8, 4) is 0 Å². The molecule has 2 aliphatic heterocycles. The normalized spacial score (nSPS) is 25.9. The fourth-order valence-electron chi connectivity index (χ4n) is 4.80. The topological polar surface area (TPSA) is 89.5 Å². The Morgan fingerprint density at radius 1 is 0.650 bits per heavy atom. The summed E-state index contributed by atoms with van der Waals surface area (Å²) in [5.74, 6) is -2.79. The summed E-state index contributed by atoms with van der Waals surface area (Å²) in [5.41, 5.74) is 2.74. The maximum Gasteiger partial charge on any atom is 0.333 e. The summed E-state index contributed by atoms with van der Waals surface area (Å²) in [6.45, 7) is 10.5. The summed E-state index contributed by atoms with van der Waals surface area (Å²) in [6, 6.07) is 19.1. The number of hydrogen-bond donors (Lipinski definition) is 0. The van der Waals surface area contributed by atoms with Crippen LogP contribution in [0.1, 0.15) is 52.7 Å². The van der Waals surface area contributed by atoms with E-state index in [9.17, 15) is 9.59 Å². The van der Waals surface area contributed by atoms with Gasteiger partial charge in [-0.3, -0.25) is 0 Å². The Hall–Kier alpha value is -3.30. The highest BCUT2D eigenvalue weighted by Crippen LogP contribution is 2.39. The summed E-state index contributed by atoms with van der Waals surface area (Å²) in [5, 5.41) is 0. The average Bonchev–Trinajstić information content (AvgIpc) is 3.40. The first-order valence-electron chi connectivity index (χ1n) is 13.4. The second kappa shape index (κ2) is 12.5. The molecule has 0 radical (unpaired) electrons. The van der Waals surface area contributed by atoms with Gasteiger partial charge in [-0.15, -0.1) is 0 Å². The summed E-state index contributed by atoms with van der Waals surface area (Å²) >= 11 is 0. The van der Waals surface area contributed by atoms with E-state index in [0.29, 0.717) is 11.1 Å². The molecule has 0 spiro atoms. The third-order valence-electron chi connectivity index (χ3n) is 6.53. The molecule has 4 rings (SSSR count). The van der Waals surface area contributed by atoms with E-state index in [0.717, 1.165) is 11.1 Å². The Morgan fingerprint density at radius 3 is 1.35 bits per heavy atom. The van der Waals surface area contributed by atoms with E-state index in [1.165, 1.54) is 0 Å². The van der Waals surface area contributed by atoms with Crippen molar-refractivity contribution in [3.63, 3.8) is 0 Å². The largest absolute Gasteiger partial charge is 0.459 e. The van der Waals surface area contributed by atoms with Crippen molar-refractivity contribution in [2.75, 3.05) is 13.2 Å². The van der Waals surface area contributed by atoms with Crippen LogP contribution in [-0.2, 0) is 38.0 Å².